The van der Waals surface area contributed by atoms with Gasteiger partial charge in [0.05, 0.1) is 13.0 Å². The maximum Gasteiger partial charge on any atom is 0.310 e. The van der Waals surface area contributed by atoms with Crippen molar-refractivity contribution in [1.29, 1.82) is 0 Å². The summed E-state index contributed by atoms with van der Waals surface area (Å²) in [7, 11) is 1.52. The normalized spacial score (nSPS) is 37.6. The minimum atomic E-state index is -0.0258. The van der Waals surface area contributed by atoms with Crippen LogP contribution in [0.25, 0.3) is 0 Å². The molecule has 0 amide bonds. The molecule has 1 aliphatic heterocycles. The zero-order chi connectivity index (χ0) is 14.8. The highest BCUT2D eigenvalue weighted by Crippen LogP contribution is 2.34. The lowest BCUT2D eigenvalue weighted by Crippen LogP contribution is -2.58. The first-order valence-corrected chi connectivity index (χ1v) is 8.72. The number of piperidine rings is 1. The lowest BCUT2D eigenvalue weighted by molar-refractivity contribution is -0.148. The van der Waals surface area contributed by atoms with Crippen LogP contribution in [0.5, 0.6) is 0 Å². The second kappa shape index (κ2) is 6.66. The third-order valence-electron chi connectivity index (χ3n) is 5.98. The van der Waals surface area contributed by atoms with E-state index < -0.39 is 0 Å². The lowest BCUT2D eigenvalue weighted by Gasteiger charge is -2.48. The summed E-state index contributed by atoms with van der Waals surface area (Å²) in [4.78, 5) is 14.6. The van der Waals surface area contributed by atoms with E-state index in [1.54, 1.807) is 0 Å². The van der Waals surface area contributed by atoms with Gasteiger partial charge in [0, 0.05) is 25.2 Å². The van der Waals surface area contributed by atoms with Crippen molar-refractivity contribution < 1.29 is 9.53 Å². The Labute approximate surface area is 128 Å². The molecular formula is C17H30N2O2. The van der Waals surface area contributed by atoms with E-state index in [2.05, 4.69) is 17.1 Å². The summed E-state index contributed by atoms with van der Waals surface area (Å²) in [5, 5.41) is 3.73. The third-order valence-corrected chi connectivity index (χ3v) is 5.98. The monoisotopic (exact) mass is 294 g/mol. The van der Waals surface area contributed by atoms with E-state index in [0.717, 1.165) is 37.9 Å². The Hall–Kier alpha value is -0.610. The molecule has 3 fully saturated rings. The van der Waals surface area contributed by atoms with Crippen molar-refractivity contribution in [1.82, 2.24) is 10.2 Å². The van der Waals surface area contributed by atoms with Gasteiger partial charge in [-0.25, -0.2) is 0 Å². The van der Waals surface area contributed by atoms with Crippen LogP contribution >= 0.6 is 0 Å². The largest absolute Gasteiger partial charge is 0.469 e. The molecule has 4 heteroatoms. The zero-order valence-corrected chi connectivity index (χ0v) is 13.5. The number of hydrogen-bond acceptors (Lipinski definition) is 4. The summed E-state index contributed by atoms with van der Waals surface area (Å²) in [5.74, 6) is 1.69. The van der Waals surface area contributed by atoms with Crippen LogP contribution in [0.4, 0.5) is 0 Å². The lowest BCUT2D eigenvalue weighted by atomic mass is 9.78. The number of methoxy groups -OCH3 is 1. The highest BCUT2D eigenvalue weighted by atomic mass is 16.5. The summed E-state index contributed by atoms with van der Waals surface area (Å²) in [6, 6.07) is 1.14. The van der Waals surface area contributed by atoms with E-state index in [1.807, 2.05) is 0 Å². The number of carbonyl (C=O) groups is 1. The molecule has 1 heterocycles. The number of nitrogens with one attached hydrogen (secondary N) is 1. The maximum atomic E-state index is 12.0. The number of ether oxygens (including phenoxy) is 1. The molecule has 0 radical (unpaired) electrons. The Morgan fingerprint density at radius 2 is 2.05 bits per heavy atom. The van der Waals surface area contributed by atoms with Crippen LogP contribution in [-0.2, 0) is 9.53 Å². The van der Waals surface area contributed by atoms with Crippen LogP contribution in [0, 0.1) is 17.8 Å². The van der Waals surface area contributed by atoms with Crippen LogP contribution in [0.3, 0.4) is 0 Å². The van der Waals surface area contributed by atoms with Crippen molar-refractivity contribution in [2.24, 2.45) is 17.8 Å². The molecule has 0 spiro atoms. The Morgan fingerprint density at radius 1 is 1.24 bits per heavy atom. The Morgan fingerprint density at radius 3 is 2.57 bits per heavy atom. The number of rotatable bonds is 5. The Kier molecular flexibility index (Phi) is 4.85. The standard InChI is InChI=1S/C17H30N2O2/c1-12-6-7-16(12)19-10-14(17(20)21-2)8-15(11-19)18-9-13-4-3-5-13/h12-16,18H,3-11H2,1-2H3. The van der Waals surface area contributed by atoms with Crippen molar-refractivity contribution in [3.05, 3.63) is 0 Å². The molecule has 0 bridgehead atoms. The minimum Gasteiger partial charge on any atom is -0.469 e. The van der Waals surface area contributed by atoms with E-state index in [0.29, 0.717) is 12.1 Å². The first-order chi connectivity index (χ1) is 10.2. The van der Waals surface area contributed by atoms with Crippen LogP contribution in [0.2, 0.25) is 0 Å². The molecule has 2 aliphatic carbocycles. The number of esters is 1. The first kappa shape index (κ1) is 15.3. The zero-order valence-electron chi connectivity index (χ0n) is 13.5. The predicted molar refractivity (Wildman–Crippen MR) is 83.0 cm³/mol. The quantitative estimate of drug-likeness (QED) is 0.788. The highest BCUT2D eigenvalue weighted by molar-refractivity contribution is 5.72. The smallest absolute Gasteiger partial charge is 0.310 e. The van der Waals surface area contributed by atoms with Crippen LogP contribution in [0.1, 0.15) is 45.4 Å². The summed E-state index contributed by atoms with van der Waals surface area (Å²) in [6.45, 7) is 5.47. The minimum absolute atomic E-state index is 0.0258. The third kappa shape index (κ3) is 3.42. The van der Waals surface area contributed by atoms with E-state index in [4.69, 9.17) is 4.74 Å². The van der Waals surface area contributed by atoms with Crippen molar-refractivity contribution in [3.8, 4) is 0 Å². The summed E-state index contributed by atoms with van der Waals surface area (Å²) < 4.78 is 5.01. The van der Waals surface area contributed by atoms with Gasteiger partial charge in [0.1, 0.15) is 0 Å². The molecule has 0 aromatic heterocycles. The number of carbonyl (C=O) groups excluding carboxylic acids is 1. The fraction of sp³-hybridized carbons (Fsp3) is 0.941. The fourth-order valence-electron chi connectivity index (χ4n) is 4.11. The molecular weight excluding hydrogens is 264 g/mol. The average molecular weight is 294 g/mol. The van der Waals surface area contributed by atoms with E-state index >= 15 is 0 Å². The van der Waals surface area contributed by atoms with E-state index in [1.165, 1.54) is 39.2 Å². The van der Waals surface area contributed by atoms with Gasteiger partial charge >= 0.3 is 5.97 Å². The summed E-state index contributed by atoms with van der Waals surface area (Å²) in [5.41, 5.74) is 0. The van der Waals surface area contributed by atoms with Gasteiger partial charge in [-0.05, 0) is 50.5 Å². The molecule has 0 aromatic rings. The fourth-order valence-corrected chi connectivity index (χ4v) is 4.11. The first-order valence-electron chi connectivity index (χ1n) is 8.72. The maximum absolute atomic E-state index is 12.0. The van der Waals surface area contributed by atoms with Gasteiger partial charge in [-0.2, -0.15) is 0 Å². The van der Waals surface area contributed by atoms with Gasteiger partial charge in [-0.15, -0.1) is 0 Å². The van der Waals surface area contributed by atoms with Gasteiger partial charge in [-0.3, -0.25) is 9.69 Å². The molecule has 2 saturated carbocycles. The predicted octanol–water partition coefficient (Wildman–Crippen LogP) is 2.04. The summed E-state index contributed by atoms with van der Waals surface area (Å²) >= 11 is 0. The second-order valence-corrected chi connectivity index (χ2v) is 7.43. The van der Waals surface area contributed by atoms with Crippen molar-refractivity contribution in [3.63, 3.8) is 0 Å². The molecule has 120 valence electrons. The van der Waals surface area contributed by atoms with Gasteiger partial charge in [-0.1, -0.05) is 13.3 Å². The topological polar surface area (TPSA) is 41.6 Å². The molecule has 1 N–H and O–H groups in total. The SMILES string of the molecule is COC(=O)C1CC(NCC2CCC2)CN(C2CCC2C)C1. The Balaban J connectivity index is 1.57. The van der Waals surface area contributed by atoms with Crippen molar-refractivity contribution in [2.45, 2.75) is 57.5 Å². The van der Waals surface area contributed by atoms with E-state index in [-0.39, 0.29) is 11.9 Å². The van der Waals surface area contributed by atoms with Crippen LogP contribution in [0.15, 0.2) is 0 Å². The molecule has 4 unspecified atom stereocenters. The molecule has 1 saturated heterocycles. The Bertz CT molecular complexity index is 370. The summed E-state index contributed by atoms with van der Waals surface area (Å²) in [6.07, 6.45) is 7.73. The van der Waals surface area contributed by atoms with Gasteiger partial charge in [0.2, 0.25) is 0 Å². The van der Waals surface area contributed by atoms with E-state index in [9.17, 15) is 4.79 Å². The highest BCUT2D eigenvalue weighted by Gasteiger charge is 2.39. The van der Waals surface area contributed by atoms with Gasteiger partial charge < -0.3 is 10.1 Å². The number of hydrogen-bond donors (Lipinski definition) is 1. The molecule has 4 atom stereocenters. The van der Waals surface area contributed by atoms with Gasteiger partial charge in [0.15, 0.2) is 0 Å². The molecule has 3 aliphatic rings. The van der Waals surface area contributed by atoms with Crippen molar-refractivity contribution in [2.75, 3.05) is 26.7 Å². The molecule has 21 heavy (non-hydrogen) atoms. The van der Waals surface area contributed by atoms with Crippen LogP contribution in [-0.4, -0.2) is 49.7 Å². The van der Waals surface area contributed by atoms with Crippen molar-refractivity contribution >= 4 is 5.97 Å². The van der Waals surface area contributed by atoms with Crippen LogP contribution < -0.4 is 5.32 Å². The van der Waals surface area contributed by atoms with Gasteiger partial charge in [0.25, 0.3) is 0 Å². The molecule has 0 aromatic carbocycles. The molecule has 4 nitrogen and oxygen atoms in total. The second-order valence-electron chi connectivity index (χ2n) is 7.43. The number of likely N-dealkylation sites (tertiary alicyclic amines) is 1. The average Bonchev–Trinajstić information content (AvgIpc) is 2.43. The number of nitrogens with zero attached hydrogens (tertiary/aromatic N) is 1. The molecule has 3 rings (SSSR count).